The summed E-state index contributed by atoms with van der Waals surface area (Å²) in [5, 5.41) is 0. The van der Waals surface area contributed by atoms with Gasteiger partial charge in [0.1, 0.15) is 11.5 Å². The smallest absolute Gasteiger partial charge is 0.336 e. The van der Waals surface area contributed by atoms with Crippen LogP contribution in [0.1, 0.15) is 18.2 Å². The number of rotatable bonds is 3. The van der Waals surface area contributed by atoms with Gasteiger partial charge in [0.15, 0.2) is 5.65 Å². The maximum Gasteiger partial charge on any atom is 0.433 e. The van der Waals surface area contributed by atoms with Gasteiger partial charge in [0.2, 0.25) is 0 Å². The largest absolute Gasteiger partial charge is 0.433 e. The van der Waals surface area contributed by atoms with E-state index in [0.717, 1.165) is 22.3 Å². The summed E-state index contributed by atoms with van der Waals surface area (Å²) in [6.45, 7) is 3.66. The average Bonchev–Trinajstić information content (AvgIpc) is 2.92. The zero-order chi connectivity index (χ0) is 16.6. The first-order valence-corrected chi connectivity index (χ1v) is 8.05. The molecule has 0 spiro atoms. The van der Waals surface area contributed by atoms with E-state index in [9.17, 15) is 13.2 Å². The molecule has 0 atom stereocenters. The number of thioether (sulfide) groups is 1. The number of halogens is 3. The summed E-state index contributed by atoms with van der Waals surface area (Å²) in [4.78, 5) is 12.1. The minimum Gasteiger partial charge on any atom is -0.336 e. The summed E-state index contributed by atoms with van der Waals surface area (Å²) in [5.41, 5.74) is 1.04. The monoisotopic (exact) mass is 337 g/mol. The molecule has 3 nitrogen and oxygen atoms in total. The van der Waals surface area contributed by atoms with E-state index >= 15 is 0 Å². The van der Waals surface area contributed by atoms with E-state index in [1.807, 2.05) is 31.2 Å². The number of H-pyrrole nitrogens is 1. The number of imidazole rings is 1. The van der Waals surface area contributed by atoms with Crippen molar-refractivity contribution in [1.82, 2.24) is 15.0 Å². The Balaban J connectivity index is 2.16. The Kier molecular flexibility index (Phi) is 4.06. The number of aromatic amines is 1. The van der Waals surface area contributed by atoms with Gasteiger partial charge in [-0.1, -0.05) is 25.1 Å². The number of pyridine rings is 1. The molecule has 0 amide bonds. The van der Waals surface area contributed by atoms with Crippen molar-refractivity contribution in [3.05, 3.63) is 41.6 Å². The molecule has 0 saturated carbocycles. The summed E-state index contributed by atoms with van der Waals surface area (Å²) >= 11 is 1.66. The predicted octanol–water partition coefficient (Wildman–Crippen LogP) is 5.06. The maximum atomic E-state index is 12.9. The van der Waals surface area contributed by atoms with Crippen LogP contribution in [0.15, 0.2) is 35.2 Å². The topological polar surface area (TPSA) is 41.6 Å². The maximum absolute atomic E-state index is 12.9. The molecule has 3 aromatic rings. The minimum absolute atomic E-state index is 0.0867. The van der Waals surface area contributed by atoms with Crippen LogP contribution in [0.5, 0.6) is 0 Å². The number of aryl methyl sites for hydroxylation is 1. The Morgan fingerprint density at radius 1 is 1.17 bits per heavy atom. The summed E-state index contributed by atoms with van der Waals surface area (Å²) in [6, 6.07) is 8.71. The fourth-order valence-electron chi connectivity index (χ4n) is 2.36. The molecular formula is C16H14F3N3S. The SMILES string of the molecule is CCSc1ccccc1-c1nc2nc(C(F)(F)F)cc(C)c2[nH]1. The van der Waals surface area contributed by atoms with Crippen molar-refractivity contribution < 1.29 is 13.2 Å². The first-order valence-electron chi connectivity index (χ1n) is 7.07. The molecule has 2 aromatic heterocycles. The lowest BCUT2D eigenvalue weighted by Crippen LogP contribution is -2.08. The van der Waals surface area contributed by atoms with Gasteiger partial charge in [-0.2, -0.15) is 13.2 Å². The van der Waals surface area contributed by atoms with Crippen LogP contribution >= 0.6 is 11.8 Å². The number of benzene rings is 1. The van der Waals surface area contributed by atoms with Crippen LogP contribution < -0.4 is 0 Å². The van der Waals surface area contributed by atoms with Crippen molar-refractivity contribution >= 4 is 22.9 Å². The highest BCUT2D eigenvalue weighted by Gasteiger charge is 2.33. The molecule has 0 aliphatic heterocycles. The van der Waals surface area contributed by atoms with Crippen LogP contribution in [-0.2, 0) is 6.18 Å². The molecule has 2 heterocycles. The van der Waals surface area contributed by atoms with Crippen molar-refractivity contribution in [2.75, 3.05) is 5.75 Å². The Bertz CT molecular complexity index is 855. The highest BCUT2D eigenvalue weighted by molar-refractivity contribution is 7.99. The number of nitrogens with zero attached hydrogens (tertiary/aromatic N) is 2. The van der Waals surface area contributed by atoms with Crippen molar-refractivity contribution in [2.24, 2.45) is 0 Å². The highest BCUT2D eigenvalue weighted by atomic mass is 32.2. The molecule has 0 aliphatic carbocycles. The lowest BCUT2D eigenvalue weighted by atomic mass is 10.2. The fraction of sp³-hybridized carbons (Fsp3) is 0.250. The molecule has 0 unspecified atom stereocenters. The van der Waals surface area contributed by atoms with Crippen LogP contribution in [0.2, 0.25) is 0 Å². The van der Waals surface area contributed by atoms with Gasteiger partial charge < -0.3 is 4.98 Å². The first-order chi connectivity index (χ1) is 10.9. The van der Waals surface area contributed by atoms with Crippen molar-refractivity contribution in [3.63, 3.8) is 0 Å². The normalized spacial score (nSPS) is 12.0. The van der Waals surface area contributed by atoms with Gasteiger partial charge in [-0.15, -0.1) is 11.8 Å². The van der Waals surface area contributed by atoms with E-state index in [0.29, 0.717) is 16.9 Å². The second-order valence-corrected chi connectivity index (χ2v) is 6.34. The number of hydrogen-bond acceptors (Lipinski definition) is 3. The molecule has 1 aromatic carbocycles. The highest BCUT2D eigenvalue weighted by Crippen LogP contribution is 2.33. The Labute approximate surface area is 135 Å². The molecule has 0 aliphatic rings. The number of fused-ring (bicyclic) bond motifs is 1. The standard InChI is InChI=1S/C16H14F3N3S/c1-3-23-11-7-5-4-6-10(11)14-21-13-9(2)8-12(16(17,18)19)20-15(13)22-14/h4-8H,3H2,1-2H3,(H,20,21,22). The number of aromatic nitrogens is 3. The Hall–Kier alpha value is -2.02. The van der Waals surface area contributed by atoms with Gasteiger partial charge in [0.05, 0.1) is 5.52 Å². The van der Waals surface area contributed by atoms with E-state index in [-0.39, 0.29) is 5.65 Å². The van der Waals surface area contributed by atoms with Crippen LogP contribution in [-0.4, -0.2) is 20.7 Å². The molecule has 0 fully saturated rings. The molecular weight excluding hydrogens is 323 g/mol. The molecule has 7 heteroatoms. The number of hydrogen-bond donors (Lipinski definition) is 1. The Morgan fingerprint density at radius 2 is 1.91 bits per heavy atom. The third kappa shape index (κ3) is 3.06. The summed E-state index contributed by atoms with van der Waals surface area (Å²) in [6.07, 6.45) is -4.48. The van der Waals surface area contributed by atoms with Gasteiger partial charge >= 0.3 is 6.18 Å². The zero-order valence-corrected chi connectivity index (χ0v) is 13.3. The van der Waals surface area contributed by atoms with Crippen LogP contribution in [0, 0.1) is 6.92 Å². The van der Waals surface area contributed by atoms with E-state index in [1.54, 1.807) is 18.7 Å². The van der Waals surface area contributed by atoms with Crippen molar-refractivity contribution in [3.8, 4) is 11.4 Å². The lowest BCUT2D eigenvalue weighted by molar-refractivity contribution is -0.141. The molecule has 0 radical (unpaired) electrons. The van der Waals surface area contributed by atoms with Gasteiger partial charge in [-0.25, -0.2) is 9.97 Å². The molecule has 23 heavy (non-hydrogen) atoms. The zero-order valence-electron chi connectivity index (χ0n) is 12.5. The second kappa shape index (κ2) is 5.88. The van der Waals surface area contributed by atoms with Crippen molar-refractivity contribution in [1.29, 1.82) is 0 Å². The molecule has 3 rings (SSSR count). The van der Waals surface area contributed by atoms with Gasteiger partial charge in [0.25, 0.3) is 0 Å². The summed E-state index contributed by atoms with van der Waals surface area (Å²) < 4.78 is 38.7. The molecule has 0 bridgehead atoms. The quantitative estimate of drug-likeness (QED) is 0.679. The fourth-order valence-corrected chi connectivity index (χ4v) is 3.17. The molecule has 120 valence electrons. The summed E-state index contributed by atoms with van der Waals surface area (Å²) in [7, 11) is 0. The van der Waals surface area contributed by atoms with Gasteiger partial charge in [-0.3, -0.25) is 0 Å². The number of alkyl halides is 3. The first kappa shape index (κ1) is 15.9. The molecule has 1 N–H and O–H groups in total. The average molecular weight is 337 g/mol. The lowest BCUT2D eigenvalue weighted by Gasteiger charge is -2.06. The van der Waals surface area contributed by atoms with E-state index < -0.39 is 11.9 Å². The minimum atomic E-state index is -4.48. The van der Waals surface area contributed by atoms with Crippen LogP contribution in [0.3, 0.4) is 0 Å². The predicted molar refractivity (Wildman–Crippen MR) is 85.5 cm³/mol. The van der Waals surface area contributed by atoms with Crippen LogP contribution in [0.25, 0.3) is 22.6 Å². The third-order valence-corrected chi connectivity index (χ3v) is 4.35. The summed E-state index contributed by atoms with van der Waals surface area (Å²) in [5.74, 6) is 1.43. The van der Waals surface area contributed by atoms with E-state index in [4.69, 9.17) is 0 Å². The second-order valence-electron chi connectivity index (χ2n) is 5.04. The van der Waals surface area contributed by atoms with Crippen molar-refractivity contribution in [2.45, 2.75) is 24.9 Å². The van der Waals surface area contributed by atoms with E-state index in [1.165, 1.54) is 0 Å². The number of nitrogens with one attached hydrogen (secondary N) is 1. The van der Waals surface area contributed by atoms with Gasteiger partial charge in [0, 0.05) is 10.5 Å². The van der Waals surface area contributed by atoms with E-state index in [2.05, 4.69) is 15.0 Å². The third-order valence-electron chi connectivity index (χ3n) is 3.39. The Morgan fingerprint density at radius 3 is 2.61 bits per heavy atom. The van der Waals surface area contributed by atoms with Crippen LogP contribution in [0.4, 0.5) is 13.2 Å². The molecule has 0 saturated heterocycles. The van der Waals surface area contributed by atoms with Gasteiger partial charge in [-0.05, 0) is 30.4 Å².